The number of hydrogen-bond acceptors (Lipinski definition) is 5. The third kappa shape index (κ3) is 9.02. The van der Waals surface area contributed by atoms with Gasteiger partial charge >= 0.3 is 0 Å². The standard InChI is InChI=1S/C10H18O5S.H3N/c1-3-5-9(6-4-2)10(7-8-11)15-16(12,13)14;/h3-4,9-11H,1-2,5-8H2,(H,12,13,14);1H3. The maximum absolute atomic E-state index is 10.5. The molecule has 6 nitrogen and oxygen atoms in total. The fraction of sp³-hybridized carbons (Fsp3) is 0.600. The molecule has 5 N–H and O–H groups in total. The average Bonchev–Trinajstić information content (AvgIpc) is 2.15. The predicted octanol–water partition coefficient (Wildman–Crippen LogP) is 1.36. The molecule has 0 rings (SSSR count). The lowest BCUT2D eigenvalue weighted by Gasteiger charge is -2.25. The molecule has 0 saturated heterocycles. The van der Waals surface area contributed by atoms with Crippen molar-refractivity contribution in [1.29, 1.82) is 0 Å². The van der Waals surface area contributed by atoms with Crippen LogP contribution < -0.4 is 6.15 Å². The van der Waals surface area contributed by atoms with Gasteiger partial charge in [-0.3, -0.25) is 4.18 Å². The first-order valence-corrected chi connectivity index (χ1v) is 6.24. The second kappa shape index (κ2) is 9.32. The third-order valence-electron chi connectivity index (χ3n) is 2.12. The van der Waals surface area contributed by atoms with Crippen LogP contribution in [0.25, 0.3) is 0 Å². The van der Waals surface area contributed by atoms with Crippen molar-refractivity contribution < 1.29 is 22.3 Å². The molecule has 0 aliphatic rings. The van der Waals surface area contributed by atoms with Crippen molar-refractivity contribution in [2.75, 3.05) is 6.61 Å². The normalized spacial score (nSPS) is 12.9. The van der Waals surface area contributed by atoms with Gasteiger partial charge in [-0.1, -0.05) is 12.2 Å². The van der Waals surface area contributed by atoms with Crippen molar-refractivity contribution in [2.24, 2.45) is 5.92 Å². The number of aliphatic hydroxyl groups excluding tert-OH is 1. The van der Waals surface area contributed by atoms with Gasteiger partial charge in [0.25, 0.3) is 0 Å². The van der Waals surface area contributed by atoms with Gasteiger partial charge in [0.05, 0.1) is 6.10 Å². The van der Waals surface area contributed by atoms with Gasteiger partial charge in [0.2, 0.25) is 10.4 Å². The summed E-state index contributed by atoms with van der Waals surface area (Å²) in [6.07, 6.45) is 3.47. The molecule has 0 aromatic carbocycles. The molecular weight excluding hydrogens is 246 g/mol. The fourth-order valence-corrected chi connectivity index (χ4v) is 2.03. The summed E-state index contributed by atoms with van der Waals surface area (Å²) in [6, 6.07) is 0. The van der Waals surface area contributed by atoms with Crippen molar-refractivity contribution in [3.05, 3.63) is 25.3 Å². The van der Waals surface area contributed by atoms with E-state index in [9.17, 15) is 13.0 Å². The maximum atomic E-state index is 10.5. The van der Waals surface area contributed by atoms with Crippen LogP contribution in [0.1, 0.15) is 19.3 Å². The Bertz CT molecular complexity index is 305. The summed E-state index contributed by atoms with van der Waals surface area (Å²) in [4.78, 5) is 0. The molecule has 17 heavy (non-hydrogen) atoms. The van der Waals surface area contributed by atoms with Gasteiger partial charge in [0.15, 0.2) is 0 Å². The summed E-state index contributed by atoms with van der Waals surface area (Å²) >= 11 is 0. The lowest BCUT2D eigenvalue weighted by molar-refractivity contribution is 0.0936. The van der Waals surface area contributed by atoms with Gasteiger partial charge in [0, 0.05) is 6.61 Å². The second-order valence-electron chi connectivity index (χ2n) is 3.36. The molecule has 0 aliphatic heterocycles. The van der Waals surface area contributed by atoms with Crippen LogP contribution in [-0.2, 0) is 14.6 Å². The fourth-order valence-electron chi connectivity index (χ4n) is 1.47. The first kappa shape index (κ1) is 18.6. The minimum atomic E-state index is -4.76. The molecule has 0 radical (unpaired) electrons. The summed E-state index contributed by atoms with van der Waals surface area (Å²) in [6.45, 7) is 6.84. The summed E-state index contributed by atoms with van der Waals surface area (Å²) in [5.74, 6) is -0.217. The van der Waals surface area contributed by atoms with E-state index in [1.165, 1.54) is 0 Å². The van der Waals surface area contributed by atoms with Crippen molar-refractivity contribution in [3.8, 4) is 0 Å². The topological polar surface area (TPSA) is 123 Å². The predicted molar refractivity (Wildman–Crippen MR) is 65.4 cm³/mol. The smallest absolute Gasteiger partial charge is 0.217 e. The van der Waals surface area contributed by atoms with Gasteiger partial charge in [0.1, 0.15) is 0 Å². The number of aliphatic hydroxyl groups is 1. The van der Waals surface area contributed by atoms with Crippen LogP contribution in [-0.4, -0.2) is 30.8 Å². The van der Waals surface area contributed by atoms with Crippen LogP contribution in [0.4, 0.5) is 0 Å². The van der Waals surface area contributed by atoms with E-state index >= 15 is 0 Å². The second-order valence-corrected chi connectivity index (χ2v) is 4.37. The Morgan fingerprint density at radius 3 is 2.06 bits per heavy atom. The maximum Gasteiger partial charge on any atom is 0.217 e. The summed E-state index contributed by atoms with van der Waals surface area (Å²) in [5.41, 5.74) is 0. The highest BCUT2D eigenvalue weighted by Gasteiger charge is 2.22. The Balaban J connectivity index is 0. The van der Waals surface area contributed by atoms with Crippen molar-refractivity contribution in [2.45, 2.75) is 25.4 Å². The van der Waals surface area contributed by atoms with E-state index in [4.69, 9.17) is 5.11 Å². The van der Waals surface area contributed by atoms with E-state index in [0.717, 1.165) is 0 Å². The third-order valence-corrected chi connectivity index (χ3v) is 2.60. The Morgan fingerprint density at radius 1 is 1.29 bits per heavy atom. The Labute approximate surface area is 103 Å². The molecule has 102 valence electrons. The monoisotopic (exact) mass is 267 g/mol. The lowest BCUT2D eigenvalue weighted by atomic mass is 9.93. The molecular formula is C10H21NO5S. The lowest BCUT2D eigenvalue weighted by Crippen LogP contribution is -2.27. The zero-order chi connectivity index (χ0) is 12.6. The summed E-state index contributed by atoms with van der Waals surface area (Å²) < 4.78 is 36.0. The molecule has 0 aromatic rings. The van der Waals surface area contributed by atoms with Gasteiger partial charge in [-0.15, -0.1) is 13.2 Å². The van der Waals surface area contributed by atoms with Gasteiger partial charge < -0.3 is 15.8 Å². The Hall–Kier alpha value is -0.730. The number of rotatable bonds is 9. The van der Waals surface area contributed by atoms with Crippen molar-refractivity contribution >= 4 is 10.4 Å². The van der Waals surface area contributed by atoms with E-state index in [0.29, 0.717) is 12.8 Å². The molecule has 0 fully saturated rings. The van der Waals surface area contributed by atoms with Crippen LogP contribution >= 0.6 is 0 Å². The van der Waals surface area contributed by atoms with E-state index < -0.39 is 16.5 Å². The van der Waals surface area contributed by atoms with Gasteiger partial charge in [-0.25, -0.2) is 8.42 Å². The highest BCUT2D eigenvalue weighted by Crippen LogP contribution is 2.21. The number of hydrogen-bond donors (Lipinski definition) is 2. The van der Waals surface area contributed by atoms with Crippen LogP contribution in [0.15, 0.2) is 25.3 Å². The highest BCUT2D eigenvalue weighted by atomic mass is 32.3. The zero-order valence-electron chi connectivity index (χ0n) is 10.0. The summed E-state index contributed by atoms with van der Waals surface area (Å²) in [7, 11) is -4.76. The molecule has 0 aliphatic carbocycles. The molecule has 1 atom stereocenters. The molecule has 0 bridgehead atoms. The number of allylic oxidation sites excluding steroid dienone is 2. The van der Waals surface area contributed by atoms with Crippen molar-refractivity contribution in [3.63, 3.8) is 0 Å². The first-order chi connectivity index (χ1) is 7.44. The van der Waals surface area contributed by atoms with Gasteiger partial charge in [-0.2, -0.15) is 0 Å². The largest absolute Gasteiger partial charge is 0.726 e. The molecule has 0 spiro atoms. The first-order valence-electron chi connectivity index (χ1n) is 4.91. The van der Waals surface area contributed by atoms with Crippen LogP contribution in [0.3, 0.4) is 0 Å². The average molecular weight is 267 g/mol. The van der Waals surface area contributed by atoms with E-state index in [1.807, 2.05) is 0 Å². The van der Waals surface area contributed by atoms with E-state index in [2.05, 4.69) is 17.3 Å². The van der Waals surface area contributed by atoms with Crippen LogP contribution in [0.5, 0.6) is 0 Å². The quantitative estimate of drug-likeness (QED) is 0.371. The molecule has 0 heterocycles. The van der Waals surface area contributed by atoms with Crippen LogP contribution in [0.2, 0.25) is 0 Å². The molecule has 0 saturated carbocycles. The van der Waals surface area contributed by atoms with E-state index in [1.54, 1.807) is 12.2 Å². The highest BCUT2D eigenvalue weighted by molar-refractivity contribution is 7.80. The van der Waals surface area contributed by atoms with Crippen molar-refractivity contribution in [1.82, 2.24) is 6.15 Å². The van der Waals surface area contributed by atoms with Crippen LogP contribution in [0, 0.1) is 5.92 Å². The molecule has 0 aromatic heterocycles. The molecule has 0 amide bonds. The number of quaternary nitrogens is 1. The summed E-state index contributed by atoms with van der Waals surface area (Å²) in [5, 5.41) is 8.79. The minimum absolute atomic E-state index is 0. The minimum Gasteiger partial charge on any atom is -0.726 e. The van der Waals surface area contributed by atoms with E-state index in [-0.39, 0.29) is 25.1 Å². The molecule has 1 unspecified atom stereocenters. The Morgan fingerprint density at radius 2 is 1.76 bits per heavy atom. The Kier molecular flexibility index (Phi) is 10.2. The zero-order valence-corrected chi connectivity index (χ0v) is 10.9. The van der Waals surface area contributed by atoms with Gasteiger partial charge in [-0.05, 0) is 25.2 Å². The molecule has 7 heteroatoms. The SMILES string of the molecule is C=CCC(CC=C)C(CCO)OS(=O)(=O)[O-].[NH4+].